The van der Waals surface area contributed by atoms with Gasteiger partial charge >= 0.3 is 0 Å². The lowest BCUT2D eigenvalue weighted by Gasteiger charge is -2.34. The van der Waals surface area contributed by atoms with Crippen molar-refractivity contribution in [2.24, 2.45) is 5.92 Å². The first-order valence-electron chi connectivity index (χ1n) is 8.31. The molecule has 1 aromatic heterocycles. The lowest BCUT2D eigenvalue weighted by atomic mass is 9.89. The van der Waals surface area contributed by atoms with E-state index in [1.165, 1.54) is 51.5 Å². The molecule has 0 atom stereocenters. The van der Waals surface area contributed by atoms with Crippen LogP contribution in [0.15, 0.2) is 24.4 Å². The molecule has 110 valence electrons. The van der Waals surface area contributed by atoms with Crippen molar-refractivity contribution < 1.29 is 0 Å². The van der Waals surface area contributed by atoms with E-state index in [0.29, 0.717) is 0 Å². The topological polar surface area (TPSA) is 28.2 Å². The van der Waals surface area contributed by atoms with E-state index in [-0.39, 0.29) is 0 Å². The molecule has 1 aliphatic carbocycles. The van der Waals surface area contributed by atoms with E-state index in [1.807, 2.05) is 12.3 Å². The molecule has 0 amide bonds. The summed E-state index contributed by atoms with van der Waals surface area (Å²) in [5, 5.41) is 3.82. The Labute approximate surface area is 122 Å². The third-order valence-electron chi connectivity index (χ3n) is 4.89. The average Bonchev–Trinajstić information content (AvgIpc) is 2.55. The summed E-state index contributed by atoms with van der Waals surface area (Å²) in [5.74, 6) is 2.08. The van der Waals surface area contributed by atoms with Crippen LogP contribution in [0.2, 0.25) is 0 Å². The molecule has 0 unspecified atom stereocenters. The van der Waals surface area contributed by atoms with Crippen molar-refractivity contribution in [3.8, 4) is 0 Å². The highest BCUT2D eigenvalue weighted by molar-refractivity contribution is 5.38. The molecule has 0 spiro atoms. The van der Waals surface area contributed by atoms with Crippen molar-refractivity contribution in [2.75, 3.05) is 24.5 Å². The summed E-state index contributed by atoms with van der Waals surface area (Å²) in [5.41, 5.74) is 0. The smallest absolute Gasteiger partial charge is 0.128 e. The lowest BCUT2D eigenvalue weighted by molar-refractivity contribution is 0.311. The summed E-state index contributed by atoms with van der Waals surface area (Å²) >= 11 is 0. The number of rotatable bonds is 4. The monoisotopic (exact) mass is 273 g/mol. The third-order valence-corrected chi connectivity index (χ3v) is 4.89. The van der Waals surface area contributed by atoms with Gasteiger partial charge in [-0.1, -0.05) is 25.3 Å². The Hall–Kier alpha value is -1.09. The highest BCUT2D eigenvalue weighted by Gasteiger charge is 2.21. The van der Waals surface area contributed by atoms with Crippen LogP contribution in [0.3, 0.4) is 0 Å². The van der Waals surface area contributed by atoms with Gasteiger partial charge in [-0.2, -0.15) is 0 Å². The van der Waals surface area contributed by atoms with Gasteiger partial charge in [0.25, 0.3) is 0 Å². The zero-order valence-electron chi connectivity index (χ0n) is 12.4. The van der Waals surface area contributed by atoms with Gasteiger partial charge in [-0.25, -0.2) is 4.98 Å². The molecule has 3 rings (SSSR count). The van der Waals surface area contributed by atoms with Crippen molar-refractivity contribution in [3.63, 3.8) is 0 Å². The van der Waals surface area contributed by atoms with Crippen molar-refractivity contribution in [1.29, 1.82) is 0 Å². The van der Waals surface area contributed by atoms with Crippen LogP contribution < -0.4 is 10.2 Å². The molecule has 1 N–H and O–H groups in total. The zero-order valence-corrected chi connectivity index (χ0v) is 12.4. The normalized spacial score (nSPS) is 22.1. The molecular formula is C17H27N3. The predicted molar refractivity (Wildman–Crippen MR) is 84.0 cm³/mol. The Kier molecular flexibility index (Phi) is 4.91. The number of anilines is 1. The maximum atomic E-state index is 4.45. The Morgan fingerprint density at radius 1 is 1.05 bits per heavy atom. The van der Waals surface area contributed by atoms with Gasteiger partial charge in [0, 0.05) is 25.3 Å². The van der Waals surface area contributed by atoms with Gasteiger partial charge in [-0.3, -0.25) is 0 Å². The van der Waals surface area contributed by atoms with Gasteiger partial charge < -0.3 is 10.2 Å². The van der Waals surface area contributed by atoms with E-state index < -0.39 is 0 Å². The number of nitrogens with zero attached hydrogens (tertiary/aromatic N) is 2. The minimum atomic E-state index is 0.719. The summed E-state index contributed by atoms with van der Waals surface area (Å²) in [4.78, 5) is 6.87. The van der Waals surface area contributed by atoms with Gasteiger partial charge in [-0.15, -0.1) is 0 Å². The fourth-order valence-electron chi connectivity index (χ4n) is 3.58. The Morgan fingerprint density at radius 3 is 2.55 bits per heavy atom. The maximum absolute atomic E-state index is 4.45. The van der Waals surface area contributed by atoms with Crippen LogP contribution >= 0.6 is 0 Å². The first-order chi connectivity index (χ1) is 9.92. The van der Waals surface area contributed by atoms with E-state index in [4.69, 9.17) is 0 Å². The standard InChI is InChI=1S/C17H27N3/c1-2-6-15(7-3-1)14-19-16-9-12-20(13-10-16)17-8-4-5-11-18-17/h4-5,8,11,15-16,19H,1-3,6-7,9-10,12-14H2. The first-order valence-corrected chi connectivity index (χ1v) is 8.31. The minimum absolute atomic E-state index is 0.719. The molecule has 1 saturated heterocycles. The second-order valence-corrected chi connectivity index (χ2v) is 6.36. The summed E-state index contributed by atoms with van der Waals surface area (Å²) in [6, 6.07) is 6.91. The van der Waals surface area contributed by atoms with Gasteiger partial charge in [0.15, 0.2) is 0 Å². The predicted octanol–water partition coefficient (Wildman–Crippen LogP) is 3.22. The summed E-state index contributed by atoms with van der Waals surface area (Å²) in [6.45, 7) is 3.52. The summed E-state index contributed by atoms with van der Waals surface area (Å²) in [7, 11) is 0. The zero-order chi connectivity index (χ0) is 13.6. The summed E-state index contributed by atoms with van der Waals surface area (Å²) in [6.07, 6.45) is 11.6. The van der Waals surface area contributed by atoms with Crippen LogP contribution in [0.25, 0.3) is 0 Å². The van der Waals surface area contributed by atoms with Crippen molar-refractivity contribution in [2.45, 2.75) is 51.0 Å². The molecule has 1 aromatic rings. The van der Waals surface area contributed by atoms with Crippen LogP contribution in [-0.2, 0) is 0 Å². The molecule has 2 fully saturated rings. The molecule has 2 aliphatic rings. The highest BCUT2D eigenvalue weighted by atomic mass is 15.2. The van der Waals surface area contributed by atoms with Crippen LogP contribution in [0, 0.1) is 5.92 Å². The van der Waals surface area contributed by atoms with Crippen molar-refractivity contribution in [3.05, 3.63) is 24.4 Å². The average molecular weight is 273 g/mol. The van der Waals surface area contributed by atoms with E-state index in [2.05, 4.69) is 27.3 Å². The number of pyridine rings is 1. The molecule has 2 heterocycles. The fourth-order valence-corrected chi connectivity index (χ4v) is 3.58. The van der Waals surface area contributed by atoms with E-state index in [9.17, 15) is 0 Å². The van der Waals surface area contributed by atoms with E-state index in [0.717, 1.165) is 30.9 Å². The van der Waals surface area contributed by atoms with Gasteiger partial charge in [0.2, 0.25) is 0 Å². The molecule has 3 nitrogen and oxygen atoms in total. The van der Waals surface area contributed by atoms with Crippen LogP contribution in [0.5, 0.6) is 0 Å². The molecule has 0 aromatic carbocycles. The van der Waals surface area contributed by atoms with E-state index >= 15 is 0 Å². The lowest BCUT2D eigenvalue weighted by Crippen LogP contribution is -2.44. The molecule has 20 heavy (non-hydrogen) atoms. The fraction of sp³-hybridized carbons (Fsp3) is 0.706. The third kappa shape index (κ3) is 3.72. The first kappa shape index (κ1) is 13.9. The largest absolute Gasteiger partial charge is 0.357 e. The number of hydrogen-bond donors (Lipinski definition) is 1. The Morgan fingerprint density at radius 2 is 1.85 bits per heavy atom. The second kappa shape index (κ2) is 7.07. The van der Waals surface area contributed by atoms with Crippen molar-refractivity contribution >= 4 is 5.82 Å². The number of piperidine rings is 1. The molecule has 1 aliphatic heterocycles. The number of hydrogen-bond acceptors (Lipinski definition) is 3. The molecular weight excluding hydrogens is 246 g/mol. The number of aromatic nitrogens is 1. The van der Waals surface area contributed by atoms with Gasteiger partial charge in [-0.05, 0) is 50.3 Å². The maximum Gasteiger partial charge on any atom is 0.128 e. The molecule has 0 bridgehead atoms. The molecule has 3 heteroatoms. The molecule has 1 saturated carbocycles. The molecule has 0 radical (unpaired) electrons. The number of nitrogens with one attached hydrogen (secondary N) is 1. The minimum Gasteiger partial charge on any atom is -0.357 e. The Bertz CT molecular complexity index is 378. The summed E-state index contributed by atoms with van der Waals surface area (Å²) < 4.78 is 0. The highest BCUT2D eigenvalue weighted by Crippen LogP contribution is 2.23. The van der Waals surface area contributed by atoms with Crippen LogP contribution in [-0.4, -0.2) is 30.7 Å². The van der Waals surface area contributed by atoms with E-state index in [1.54, 1.807) is 0 Å². The Balaban J connectivity index is 1.40. The SMILES string of the molecule is c1ccc(N2CCC(NCC3CCCCC3)CC2)nc1. The van der Waals surface area contributed by atoms with Gasteiger partial charge in [0.1, 0.15) is 5.82 Å². The van der Waals surface area contributed by atoms with Crippen LogP contribution in [0.1, 0.15) is 44.9 Å². The van der Waals surface area contributed by atoms with Crippen molar-refractivity contribution in [1.82, 2.24) is 10.3 Å². The quantitative estimate of drug-likeness (QED) is 0.913. The van der Waals surface area contributed by atoms with Crippen LogP contribution in [0.4, 0.5) is 5.82 Å². The van der Waals surface area contributed by atoms with Gasteiger partial charge in [0.05, 0.1) is 0 Å². The second-order valence-electron chi connectivity index (χ2n) is 6.36.